The fraction of sp³-hybridized carbons (Fsp3) is 0.250. The van der Waals surface area contributed by atoms with Crippen LogP contribution >= 0.6 is 27.5 Å². The third kappa shape index (κ3) is 4.40. The van der Waals surface area contributed by atoms with Crippen molar-refractivity contribution in [3.63, 3.8) is 0 Å². The van der Waals surface area contributed by atoms with Gasteiger partial charge in [-0.05, 0) is 41.1 Å². The maximum Gasteiger partial charge on any atom is 0.242 e. The predicted molar refractivity (Wildman–Crippen MR) is 75.4 cm³/mol. The van der Waals surface area contributed by atoms with Crippen molar-refractivity contribution in [2.45, 2.75) is 13.0 Å². The summed E-state index contributed by atoms with van der Waals surface area (Å²) < 4.78 is 0.827. The highest BCUT2D eigenvalue weighted by atomic mass is 79.9. The van der Waals surface area contributed by atoms with Gasteiger partial charge in [-0.15, -0.1) is 6.58 Å². The van der Waals surface area contributed by atoms with E-state index in [-0.39, 0.29) is 11.9 Å². The van der Waals surface area contributed by atoms with Crippen LogP contribution in [0.2, 0.25) is 5.02 Å². The van der Waals surface area contributed by atoms with Crippen LogP contribution in [0.4, 0.5) is 5.69 Å². The summed E-state index contributed by atoms with van der Waals surface area (Å²) >= 11 is 9.27. The number of benzene rings is 1. The molecule has 0 saturated heterocycles. The zero-order chi connectivity index (χ0) is 12.8. The SMILES string of the molecule is C=CCNC(=O)C(C)Nc1ccc(Br)c(Cl)c1. The molecule has 0 saturated carbocycles. The second kappa shape index (κ2) is 6.67. The van der Waals surface area contributed by atoms with Crippen molar-refractivity contribution >= 4 is 39.1 Å². The minimum Gasteiger partial charge on any atom is -0.374 e. The third-order valence-electron chi connectivity index (χ3n) is 2.12. The standard InChI is InChI=1S/C12H14BrClN2O/c1-3-6-15-12(17)8(2)16-9-4-5-10(13)11(14)7-9/h3-5,7-8,16H,1,6H2,2H3,(H,15,17). The van der Waals surface area contributed by atoms with E-state index in [1.165, 1.54) is 0 Å². The second-order valence-corrected chi connectivity index (χ2v) is 4.79. The summed E-state index contributed by atoms with van der Waals surface area (Å²) in [5, 5.41) is 6.39. The molecule has 1 atom stereocenters. The minimum atomic E-state index is -0.327. The Morgan fingerprint density at radius 1 is 1.65 bits per heavy atom. The van der Waals surface area contributed by atoms with Gasteiger partial charge in [0.2, 0.25) is 5.91 Å². The van der Waals surface area contributed by atoms with Crippen molar-refractivity contribution < 1.29 is 4.79 Å². The number of carbonyl (C=O) groups excluding carboxylic acids is 1. The molecule has 1 aromatic carbocycles. The highest BCUT2D eigenvalue weighted by Gasteiger charge is 2.11. The lowest BCUT2D eigenvalue weighted by atomic mass is 10.2. The van der Waals surface area contributed by atoms with Crippen molar-refractivity contribution in [3.8, 4) is 0 Å². The van der Waals surface area contributed by atoms with Gasteiger partial charge in [0, 0.05) is 16.7 Å². The average molecular weight is 318 g/mol. The van der Waals surface area contributed by atoms with Crippen LogP contribution in [0.1, 0.15) is 6.92 Å². The minimum absolute atomic E-state index is 0.0797. The van der Waals surface area contributed by atoms with Gasteiger partial charge in [0.1, 0.15) is 6.04 Å². The van der Waals surface area contributed by atoms with Crippen LogP contribution in [0.3, 0.4) is 0 Å². The van der Waals surface area contributed by atoms with E-state index in [9.17, 15) is 4.79 Å². The Kier molecular flexibility index (Phi) is 5.51. The highest BCUT2D eigenvalue weighted by Crippen LogP contribution is 2.25. The van der Waals surface area contributed by atoms with Gasteiger partial charge in [-0.1, -0.05) is 17.7 Å². The van der Waals surface area contributed by atoms with E-state index in [2.05, 4.69) is 33.1 Å². The van der Waals surface area contributed by atoms with Crippen molar-refractivity contribution in [3.05, 3.63) is 40.3 Å². The van der Waals surface area contributed by atoms with E-state index in [0.29, 0.717) is 11.6 Å². The van der Waals surface area contributed by atoms with Gasteiger partial charge in [-0.25, -0.2) is 0 Å². The Morgan fingerprint density at radius 2 is 2.35 bits per heavy atom. The van der Waals surface area contributed by atoms with Gasteiger partial charge >= 0.3 is 0 Å². The van der Waals surface area contributed by atoms with E-state index in [1.54, 1.807) is 19.1 Å². The predicted octanol–water partition coefficient (Wildman–Crippen LogP) is 3.21. The van der Waals surface area contributed by atoms with Crippen LogP contribution in [0.25, 0.3) is 0 Å². The van der Waals surface area contributed by atoms with Crippen molar-refractivity contribution in [1.29, 1.82) is 0 Å². The summed E-state index contributed by atoms with van der Waals surface area (Å²) in [6.07, 6.45) is 1.64. The lowest BCUT2D eigenvalue weighted by molar-refractivity contribution is -0.121. The number of halogens is 2. The summed E-state index contributed by atoms with van der Waals surface area (Å²) in [6, 6.07) is 5.13. The number of hydrogen-bond donors (Lipinski definition) is 2. The topological polar surface area (TPSA) is 41.1 Å². The molecule has 3 nitrogen and oxygen atoms in total. The lowest BCUT2D eigenvalue weighted by Crippen LogP contribution is -2.37. The summed E-state index contributed by atoms with van der Waals surface area (Å²) in [5.74, 6) is -0.0797. The molecular weight excluding hydrogens is 304 g/mol. The largest absolute Gasteiger partial charge is 0.374 e. The Balaban J connectivity index is 2.61. The molecule has 0 bridgehead atoms. The maximum absolute atomic E-state index is 11.6. The van der Waals surface area contributed by atoms with Crippen LogP contribution < -0.4 is 10.6 Å². The second-order valence-electron chi connectivity index (χ2n) is 3.53. The fourth-order valence-corrected chi connectivity index (χ4v) is 1.65. The first kappa shape index (κ1) is 14.1. The highest BCUT2D eigenvalue weighted by molar-refractivity contribution is 9.10. The number of anilines is 1. The molecule has 0 aliphatic heterocycles. The van der Waals surface area contributed by atoms with Crippen LogP contribution in [0.5, 0.6) is 0 Å². The van der Waals surface area contributed by atoms with E-state index >= 15 is 0 Å². The molecule has 0 aliphatic carbocycles. The molecule has 0 heterocycles. The summed E-state index contributed by atoms with van der Waals surface area (Å²) in [5.41, 5.74) is 0.805. The lowest BCUT2D eigenvalue weighted by Gasteiger charge is -2.15. The summed E-state index contributed by atoms with van der Waals surface area (Å²) in [6.45, 7) is 5.79. The number of carbonyl (C=O) groups is 1. The molecule has 0 spiro atoms. The van der Waals surface area contributed by atoms with E-state index < -0.39 is 0 Å². The maximum atomic E-state index is 11.6. The molecule has 17 heavy (non-hydrogen) atoms. The van der Waals surface area contributed by atoms with Gasteiger partial charge in [0.15, 0.2) is 0 Å². The molecular formula is C12H14BrClN2O. The first-order chi connectivity index (χ1) is 8.04. The Morgan fingerprint density at radius 3 is 2.94 bits per heavy atom. The van der Waals surface area contributed by atoms with E-state index in [0.717, 1.165) is 10.2 Å². The Hall–Kier alpha value is -1.000. The average Bonchev–Trinajstić information content (AvgIpc) is 2.30. The van der Waals surface area contributed by atoms with Crippen molar-refractivity contribution in [1.82, 2.24) is 5.32 Å². The first-order valence-corrected chi connectivity index (χ1v) is 6.32. The van der Waals surface area contributed by atoms with Gasteiger partial charge in [0.25, 0.3) is 0 Å². The van der Waals surface area contributed by atoms with Crippen molar-refractivity contribution in [2.24, 2.45) is 0 Å². The zero-order valence-electron chi connectivity index (χ0n) is 9.47. The molecule has 0 aromatic heterocycles. The Labute approximate surface area is 114 Å². The van der Waals surface area contributed by atoms with Crippen LogP contribution in [0, 0.1) is 0 Å². The number of amides is 1. The molecule has 5 heteroatoms. The first-order valence-electron chi connectivity index (χ1n) is 5.14. The third-order valence-corrected chi connectivity index (χ3v) is 3.35. The molecule has 0 aliphatic rings. The smallest absolute Gasteiger partial charge is 0.242 e. The molecule has 0 radical (unpaired) electrons. The molecule has 2 N–H and O–H groups in total. The van der Waals surface area contributed by atoms with Crippen LogP contribution in [-0.2, 0) is 4.79 Å². The van der Waals surface area contributed by atoms with Crippen molar-refractivity contribution in [2.75, 3.05) is 11.9 Å². The molecule has 1 rings (SSSR count). The number of hydrogen-bond acceptors (Lipinski definition) is 2. The van der Waals surface area contributed by atoms with Gasteiger partial charge in [-0.2, -0.15) is 0 Å². The monoisotopic (exact) mass is 316 g/mol. The van der Waals surface area contributed by atoms with Crippen LogP contribution in [-0.4, -0.2) is 18.5 Å². The fourth-order valence-electron chi connectivity index (χ4n) is 1.23. The van der Waals surface area contributed by atoms with E-state index in [1.807, 2.05) is 12.1 Å². The Bertz CT molecular complexity index is 423. The molecule has 1 aromatic rings. The molecule has 0 fully saturated rings. The summed E-state index contributed by atoms with van der Waals surface area (Å²) in [4.78, 5) is 11.6. The van der Waals surface area contributed by atoms with Gasteiger partial charge < -0.3 is 10.6 Å². The van der Waals surface area contributed by atoms with Gasteiger partial charge in [0.05, 0.1) is 5.02 Å². The molecule has 1 amide bonds. The number of nitrogens with one attached hydrogen (secondary N) is 2. The quantitative estimate of drug-likeness (QED) is 0.819. The molecule has 1 unspecified atom stereocenters. The zero-order valence-corrected chi connectivity index (χ0v) is 11.8. The molecule has 92 valence electrons. The number of rotatable bonds is 5. The van der Waals surface area contributed by atoms with Gasteiger partial charge in [-0.3, -0.25) is 4.79 Å². The van der Waals surface area contributed by atoms with E-state index in [4.69, 9.17) is 11.6 Å². The van der Waals surface area contributed by atoms with Crippen LogP contribution in [0.15, 0.2) is 35.3 Å². The normalized spacial score (nSPS) is 11.7. The summed E-state index contributed by atoms with van der Waals surface area (Å²) in [7, 11) is 0.